The average molecular weight is 569 g/mol. The van der Waals surface area contributed by atoms with Crippen LogP contribution in [-0.4, -0.2) is 50.0 Å². The molecule has 1 aliphatic rings. The van der Waals surface area contributed by atoms with E-state index in [1.807, 2.05) is 13.0 Å². The number of hydrogen-bond acceptors (Lipinski definition) is 4. The van der Waals surface area contributed by atoms with Gasteiger partial charge in [0.2, 0.25) is 21.8 Å². The van der Waals surface area contributed by atoms with Crippen molar-refractivity contribution in [2.75, 3.05) is 17.1 Å². The summed E-state index contributed by atoms with van der Waals surface area (Å²) in [6.07, 6.45) is 6.52. The first-order valence-corrected chi connectivity index (χ1v) is 15.2. The molecule has 2 aromatic rings. The van der Waals surface area contributed by atoms with E-state index >= 15 is 0 Å². The molecule has 0 unspecified atom stereocenters. The number of halogens is 2. The zero-order valence-electron chi connectivity index (χ0n) is 21.5. The van der Waals surface area contributed by atoms with Crippen LogP contribution in [-0.2, 0) is 26.2 Å². The van der Waals surface area contributed by atoms with Crippen molar-refractivity contribution in [2.45, 2.75) is 71.0 Å². The molecule has 1 aliphatic carbocycles. The minimum atomic E-state index is -3.84. The van der Waals surface area contributed by atoms with E-state index < -0.39 is 28.5 Å². The molecule has 0 aromatic heterocycles. The van der Waals surface area contributed by atoms with Crippen LogP contribution < -0.4 is 9.62 Å². The van der Waals surface area contributed by atoms with Crippen LogP contribution in [0.15, 0.2) is 42.5 Å². The van der Waals surface area contributed by atoms with Crippen molar-refractivity contribution in [1.82, 2.24) is 10.2 Å². The van der Waals surface area contributed by atoms with Crippen LogP contribution in [0.3, 0.4) is 0 Å². The number of carbonyl (C=O) groups is 2. The molecule has 0 bridgehead atoms. The topological polar surface area (TPSA) is 86.8 Å². The van der Waals surface area contributed by atoms with Crippen molar-refractivity contribution in [3.8, 4) is 0 Å². The van der Waals surface area contributed by atoms with Crippen LogP contribution in [0.25, 0.3) is 0 Å². The van der Waals surface area contributed by atoms with Gasteiger partial charge in [-0.25, -0.2) is 8.42 Å². The number of anilines is 1. The maximum Gasteiger partial charge on any atom is 0.244 e. The highest BCUT2D eigenvalue weighted by Crippen LogP contribution is 2.27. The lowest BCUT2D eigenvalue weighted by Gasteiger charge is -2.34. The number of rotatable bonds is 10. The second-order valence-corrected chi connectivity index (χ2v) is 12.3. The van der Waals surface area contributed by atoms with Gasteiger partial charge in [-0.3, -0.25) is 13.9 Å². The third-order valence-corrected chi connectivity index (χ3v) is 8.49. The molecule has 0 radical (unpaired) electrons. The highest BCUT2D eigenvalue weighted by atomic mass is 35.5. The van der Waals surface area contributed by atoms with Gasteiger partial charge >= 0.3 is 0 Å². The molecule has 7 nitrogen and oxygen atoms in total. The number of carbonyl (C=O) groups excluding carboxylic acids is 2. The van der Waals surface area contributed by atoms with E-state index in [1.165, 1.54) is 11.0 Å². The van der Waals surface area contributed by atoms with Crippen LogP contribution in [0.1, 0.15) is 56.6 Å². The first kappa shape index (κ1) is 29.3. The van der Waals surface area contributed by atoms with Gasteiger partial charge in [-0.15, -0.1) is 0 Å². The molecule has 10 heteroatoms. The quantitative estimate of drug-likeness (QED) is 0.420. The molecular weight excluding hydrogens is 533 g/mol. The Labute approximate surface area is 230 Å². The van der Waals surface area contributed by atoms with E-state index in [1.54, 1.807) is 37.3 Å². The molecule has 1 atom stereocenters. The van der Waals surface area contributed by atoms with E-state index in [0.29, 0.717) is 33.3 Å². The number of nitrogens with zero attached hydrogens (tertiary/aromatic N) is 2. The van der Waals surface area contributed by atoms with Crippen LogP contribution in [0.5, 0.6) is 0 Å². The zero-order valence-corrected chi connectivity index (χ0v) is 23.9. The first-order chi connectivity index (χ1) is 17.5. The van der Waals surface area contributed by atoms with Crippen molar-refractivity contribution < 1.29 is 18.0 Å². The summed E-state index contributed by atoms with van der Waals surface area (Å²) >= 11 is 12.6. The molecule has 0 aliphatic heterocycles. The van der Waals surface area contributed by atoms with Gasteiger partial charge in [-0.1, -0.05) is 73.7 Å². The summed E-state index contributed by atoms with van der Waals surface area (Å²) in [5, 5.41) is 3.94. The smallest absolute Gasteiger partial charge is 0.244 e. The molecule has 2 aromatic carbocycles. The predicted molar refractivity (Wildman–Crippen MR) is 149 cm³/mol. The number of nitrogens with one attached hydrogen (secondary N) is 1. The fraction of sp³-hybridized carbons (Fsp3) is 0.481. The van der Waals surface area contributed by atoms with Crippen molar-refractivity contribution >= 4 is 50.7 Å². The third-order valence-electron chi connectivity index (χ3n) is 6.76. The van der Waals surface area contributed by atoms with Crippen LogP contribution in [0.2, 0.25) is 10.0 Å². The van der Waals surface area contributed by atoms with Crippen molar-refractivity contribution in [3.63, 3.8) is 0 Å². The van der Waals surface area contributed by atoms with Crippen LogP contribution in [0.4, 0.5) is 5.69 Å². The molecule has 3 rings (SSSR count). The van der Waals surface area contributed by atoms with E-state index in [-0.39, 0.29) is 18.5 Å². The number of sulfonamides is 1. The number of aryl methyl sites for hydroxylation is 1. The van der Waals surface area contributed by atoms with Gasteiger partial charge in [0, 0.05) is 22.6 Å². The minimum absolute atomic E-state index is 0.0707. The Bertz CT molecular complexity index is 1220. The fourth-order valence-corrected chi connectivity index (χ4v) is 5.98. The lowest BCUT2D eigenvalue weighted by atomic mass is 9.95. The molecule has 0 heterocycles. The van der Waals surface area contributed by atoms with Gasteiger partial charge in [-0.2, -0.15) is 0 Å². The molecule has 1 saturated carbocycles. The second-order valence-electron chi connectivity index (χ2n) is 9.58. The second kappa shape index (κ2) is 13.0. The standard InChI is InChI=1S/C27H35Cl2N3O4S/c1-4-24(27(34)30-22-11-6-5-7-12-22)31(17-20-10-8-9-13-23(20)29)26(33)18-32(37(3,35)36)25-16-21(28)15-14-19(25)2/h8-10,13-16,22,24H,4-7,11-12,17-18H2,1-3H3,(H,30,34)/t24-/m1/s1. The lowest BCUT2D eigenvalue weighted by Crippen LogP contribution is -2.54. The number of hydrogen-bond donors (Lipinski definition) is 1. The summed E-state index contributed by atoms with van der Waals surface area (Å²) < 4.78 is 26.7. The predicted octanol–water partition coefficient (Wildman–Crippen LogP) is 5.32. The number of amides is 2. The molecule has 37 heavy (non-hydrogen) atoms. The summed E-state index contributed by atoms with van der Waals surface area (Å²) in [6, 6.07) is 11.3. The normalized spacial score (nSPS) is 15.2. The molecule has 1 N–H and O–H groups in total. The fourth-order valence-electron chi connectivity index (χ4n) is 4.72. The maximum absolute atomic E-state index is 13.8. The highest BCUT2D eigenvalue weighted by Gasteiger charge is 2.33. The molecule has 0 saturated heterocycles. The Morgan fingerprint density at radius 3 is 2.38 bits per heavy atom. The lowest BCUT2D eigenvalue weighted by molar-refractivity contribution is -0.140. The summed E-state index contributed by atoms with van der Waals surface area (Å²) in [7, 11) is -3.84. The van der Waals surface area contributed by atoms with Crippen LogP contribution in [0, 0.1) is 6.92 Å². The molecule has 2 amide bonds. The van der Waals surface area contributed by atoms with E-state index in [9.17, 15) is 18.0 Å². The first-order valence-electron chi connectivity index (χ1n) is 12.6. The monoisotopic (exact) mass is 567 g/mol. The maximum atomic E-state index is 13.8. The Hall–Kier alpha value is -2.29. The van der Waals surface area contributed by atoms with E-state index in [0.717, 1.165) is 42.7 Å². The average Bonchev–Trinajstić information content (AvgIpc) is 2.85. The summed E-state index contributed by atoms with van der Waals surface area (Å²) in [6.45, 7) is 3.19. The van der Waals surface area contributed by atoms with Gasteiger partial charge in [0.05, 0.1) is 11.9 Å². The largest absolute Gasteiger partial charge is 0.352 e. The van der Waals surface area contributed by atoms with Gasteiger partial charge < -0.3 is 10.2 Å². The molecular formula is C27H35Cl2N3O4S. The third kappa shape index (κ3) is 7.85. The Kier molecular flexibility index (Phi) is 10.3. The van der Waals surface area contributed by atoms with Crippen molar-refractivity contribution in [2.24, 2.45) is 0 Å². The van der Waals surface area contributed by atoms with Gasteiger partial charge in [-0.05, 0) is 55.5 Å². The van der Waals surface area contributed by atoms with Crippen molar-refractivity contribution in [3.05, 3.63) is 63.6 Å². The number of benzene rings is 2. The van der Waals surface area contributed by atoms with Crippen molar-refractivity contribution in [1.29, 1.82) is 0 Å². The molecule has 1 fully saturated rings. The Balaban J connectivity index is 1.95. The molecule has 202 valence electrons. The zero-order chi connectivity index (χ0) is 27.2. The van der Waals surface area contributed by atoms with E-state index in [2.05, 4.69) is 5.32 Å². The van der Waals surface area contributed by atoms with Gasteiger partial charge in [0.15, 0.2) is 0 Å². The van der Waals surface area contributed by atoms with Gasteiger partial charge in [0.25, 0.3) is 0 Å². The summed E-state index contributed by atoms with van der Waals surface area (Å²) in [4.78, 5) is 28.7. The van der Waals surface area contributed by atoms with Gasteiger partial charge in [0.1, 0.15) is 12.6 Å². The van der Waals surface area contributed by atoms with E-state index in [4.69, 9.17) is 23.2 Å². The summed E-state index contributed by atoms with van der Waals surface area (Å²) in [5.41, 5.74) is 1.65. The van der Waals surface area contributed by atoms with Crippen LogP contribution >= 0.6 is 23.2 Å². The SMILES string of the molecule is CC[C@H](C(=O)NC1CCCCC1)N(Cc1ccccc1Cl)C(=O)CN(c1cc(Cl)ccc1C)S(C)(=O)=O. The highest BCUT2D eigenvalue weighted by molar-refractivity contribution is 7.92. The minimum Gasteiger partial charge on any atom is -0.352 e. The summed E-state index contributed by atoms with van der Waals surface area (Å²) in [5.74, 6) is -0.741. The Morgan fingerprint density at radius 1 is 1.08 bits per heavy atom. The Morgan fingerprint density at radius 2 is 1.76 bits per heavy atom. The molecule has 0 spiro atoms.